The van der Waals surface area contributed by atoms with Crippen LogP contribution in [0.4, 0.5) is 0 Å². The van der Waals surface area contributed by atoms with E-state index in [-0.39, 0.29) is 0 Å². The fourth-order valence-electron chi connectivity index (χ4n) is 2.18. The van der Waals surface area contributed by atoms with Crippen LogP contribution in [-0.4, -0.2) is 24.2 Å². The van der Waals surface area contributed by atoms with Crippen LogP contribution < -0.4 is 5.32 Å². The van der Waals surface area contributed by atoms with Gasteiger partial charge in [-0.25, -0.2) is 4.98 Å². The van der Waals surface area contributed by atoms with Gasteiger partial charge in [0, 0.05) is 24.7 Å². The molecule has 2 rings (SSSR count). The molecule has 1 saturated carbocycles. The highest BCUT2D eigenvalue weighted by atomic mass is 32.1. The van der Waals surface area contributed by atoms with Gasteiger partial charge in [0.25, 0.3) is 0 Å². The predicted octanol–water partition coefficient (Wildman–Crippen LogP) is 2.36. The van der Waals surface area contributed by atoms with Crippen molar-refractivity contribution in [2.24, 2.45) is 0 Å². The van der Waals surface area contributed by atoms with Gasteiger partial charge in [0.2, 0.25) is 0 Å². The van der Waals surface area contributed by atoms with Gasteiger partial charge in [0.15, 0.2) is 0 Å². The number of rotatable bonds is 4. The molecule has 0 amide bonds. The summed E-state index contributed by atoms with van der Waals surface area (Å²) in [6.45, 7) is 2.18. The Morgan fingerprint density at radius 2 is 2.47 bits per heavy atom. The van der Waals surface area contributed by atoms with Gasteiger partial charge in [-0.3, -0.25) is 0 Å². The minimum Gasteiger partial charge on any atom is -0.381 e. The van der Waals surface area contributed by atoms with Crippen molar-refractivity contribution in [2.45, 2.75) is 44.4 Å². The highest BCUT2D eigenvalue weighted by Gasteiger charge is 2.25. The molecule has 0 spiro atoms. The number of hydrogen-bond donors (Lipinski definition) is 1. The van der Waals surface area contributed by atoms with E-state index >= 15 is 0 Å². The summed E-state index contributed by atoms with van der Waals surface area (Å²) >= 11 is 1.72. The third kappa shape index (κ3) is 2.77. The van der Waals surface area contributed by atoms with Crippen molar-refractivity contribution in [1.29, 1.82) is 0 Å². The van der Waals surface area contributed by atoms with Gasteiger partial charge in [-0.05, 0) is 26.2 Å². The second-order valence-electron chi connectivity index (χ2n) is 4.13. The lowest BCUT2D eigenvalue weighted by Crippen LogP contribution is -2.29. The van der Waals surface area contributed by atoms with Crippen LogP contribution in [-0.2, 0) is 4.74 Å². The monoisotopic (exact) mass is 226 g/mol. The zero-order valence-corrected chi connectivity index (χ0v) is 10.1. The molecule has 1 fully saturated rings. The molecule has 3 nitrogen and oxygen atoms in total. The lowest BCUT2D eigenvalue weighted by molar-refractivity contribution is 0.106. The SMILES string of the molecule is COC1CCC(NC(C)c2nccs2)C1. The Kier molecular flexibility index (Phi) is 3.72. The van der Waals surface area contributed by atoms with E-state index in [9.17, 15) is 0 Å². The Bertz CT molecular complexity index is 289. The van der Waals surface area contributed by atoms with Crippen molar-refractivity contribution < 1.29 is 4.74 Å². The van der Waals surface area contributed by atoms with Crippen LogP contribution in [0.3, 0.4) is 0 Å². The van der Waals surface area contributed by atoms with E-state index in [0.717, 1.165) is 6.42 Å². The molecular weight excluding hydrogens is 208 g/mol. The number of nitrogens with one attached hydrogen (secondary N) is 1. The second-order valence-corrected chi connectivity index (χ2v) is 5.05. The van der Waals surface area contributed by atoms with E-state index in [1.807, 2.05) is 11.6 Å². The molecule has 0 aromatic carbocycles. The minimum absolute atomic E-state index is 0.366. The average molecular weight is 226 g/mol. The first kappa shape index (κ1) is 11.0. The molecule has 3 unspecified atom stereocenters. The van der Waals surface area contributed by atoms with Gasteiger partial charge in [-0.15, -0.1) is 11.3 Å². The molecule has 0 bridgehead atoms. The first-order valence-corrected chi connectivity index (χ1v) is 6.35. The third-order valence-electron chi connectivity index (χ3n) is 3.03. The van der Waals surface area contributed by atoms with Gasteiger partial charge in [-0.1, -0.05) is 0 Å². The van der Waals surface area contributed by atoms with Gasteiger partial charge < -0.3 is 10.1 Å². The van der Waals surface area contributed by atoms with E-state index < -0.39 is 0 Å². The van der Waals surface area contributed by atoms with Crippen molar-refractivity contribution in [1.82, 2.24) is 10.3 Å². The predicted molar refractivity (Wildman–Crippen MR) is 62.1 cm³/mol. The Morgan fingerprint density at radius 3 is 3.07 bits per heavy atom. The molecule has 15 heavy (non-hydrogen) atoms. The standard InChI is InChI=1S/C11H18N2OS/c1-8(11-12-5-6-15-11)13-9-3-4-10(7-9)14-2/h5-6,8-10,13H,3-4,7H2,1-2H3. The quantitative estimate of drug-likeness (QED) is 0.856. The summed E-state index contributed by atoms with van der Waals surface area (Å²) in [5.74, 6) is 0. The van der Waals surface area contributed by atoms with E-state index in [0.29, 0.717) is 18.2 Å². The maximum atomic E-state index is 5.36. The lowest BCUT2D eigenvalue weighted by atomic mass is 10.2. The fraction of sp³-hybridized carbons (Fsp3) is 0.727. The molecule has 1 heterocycles. The average Bonchev–Trinajstić information content (AvgIpc) is 2.87. The van der Waals surface area contributed by atoms with E-state index in [1.54, 1.807) is 18.4 Å². The second kappa shape index (κ2) is 5.05. The number of ether oxygens (including phenoxy) is 1. The molecule has 1 aromatic heterocycles. The highest BCUT2D eigenvalue weighted by molar-refractivity contribution is 7.09. The van der Waals surface area contributed by atoms with Gasteiger partial charge in [0.05, 0.1) is 12.1 Å². The van der Waals surface area contributed by atoms with Crippen molar-refractivity contribution in [2.75, 3.05) is 7.11 Å². The summed E-state index contributed by atoms with van der Waals surface area (Å²) < 4.78 is 5.36. The molecule has 0 saturated heterocycles. The van der Waals surface area contributed by atoms with E-state index in [2.05, 4.69) is 17.2 Å². The van der Waals surface area contributed by atoms with Gasteiger partial charge in [0.1, 0.15) is 5.01 Å². The Hall–Kier alpha value is -0.450. The zero-order valence-electron chi connectivity index (χ0n) is 9.27. The van der Waals surface area contributed by atoms with Crippen molar-refractivity contribution >= 4 is 11.3 Å². The van der Waals surface area contributed by atoms with Crippen molar-refractivity contribution in [3.05, 3.63) is 16.6 Å². The van der Waals surface area contributed by atoms with Crippen molar-refractivity contribution in [3.63, 3.8) is 0 Å². The summed E-state index contributed by atoms with van der Waals surface area (Å²) in [5, 5.41) is 6.82. The van der Waals surface area contributed by atoms with E-state index in [4.69, 9.17) is 4.74 Å². The van der Waals surface area contributed by atoms with Crippen LogP contribution in [0.25, 0.3) is 0 Å². The third-order valence-corrected chi connectivity index (χ3v) is 3.98. The summed E-state index contributed by atoms with van der Waals surface area (Å²) in [6, 6.07) is 0.958. The first-order valence-electron chi connectivity index (χ1n) is 5.48. The Labute approximate surface area is 94.9 Å². The molecule has 84 valence electrons. The number of hydrogen-bond acceptors (Lipinski definition) is 4. The summed E-state index contributed by atoms with van der Waals surface area (Å²) in [7, 11) is 1.80. The minimum atomic E-state index is 0.366. The zero-order chi connectivity index (χ0) is 10.7. The molecule has 1 N–H and O–H groups in total. The largest absolute Gasteiger partial charge is 0.381 e. The topological polar surface area (TPSA) is 34.1 Å². The van der Waals surface area contributed by atoms with Crippen LogP contribution >= 0.6 is 11.3 Å². The summed E-state index contributed by atoms with van der Waals surface area (Å²) in [6.07, 6.45) is 5.84. The van der Waals surface area contributed by atoms with Crippen LogP contribution in [0.2, 0.25) is 0 Å². The maximum Gasteiger partial charge on any atom is 0.109 e. The first-order chi connectivity index (χ1) is 7.29. The molecule has 1 aromatic rings. The number of nitrogens with zero attached hydrogens (tertiary/aromatic N) is 1. The van der Waals surface area contributed by atoms with Crippen LogP contribution in [0, 0.1) is 0 Å². The number of thiazole rings is 1. The van der Waals surface area contributed by atoms with Gasteiger partial charge >= 0.3 is 0 Å². The normalized spacial score (nSPS) is 28.1. The van der Waals surface area contributed by atoms with Gasteiger partial charge in [-0.2, -0.15) is 0 Å². The van der Waals surface area contributed by atoms with Crippen LogP contribution in [0.5, 0.6) is 0 Å². The molecule has 0 radical (unpaired) electrons. The lowest BCUT2D eigenvalue weighted by Gasteiger charge is -2.17. The molecule has 1 aliphatic rings. The number of aromatic nitrogens is 1. The molecular formula is C11H18N2OS. The summed E-state index contributed by atoms with van der Waals surface area (Å²) in [5.41, 5.74) is 0. The Balaban J connectivity index is 1.83. The number of methoxy groups -OCH3 is 1. The molecule has 3 atom stereocenters. The summed E-state index contributed by atoms with van der Waals surface area (Å²) in [4.78, 5) is 4.32. The molecule has 1 aliphatic carbocycles. The van der Waals surface area contributed by atoms with Crippen LogP contribution in [0.1, 0.15) is 37.2 Å². The van der Waals surface area contributed by atoms with Crippen molar-refractivity contribution in [3.8, 4) is 0 Å². The molecule has 4 heteroatoms. The Morgan fingerprint density at radius 1 is 1.60 bits per heavy atom. The fourth-order valence-corrected chi connectivity index (χ4v) is 2.83. The van der Waals surface area contributed by atoms with Crippen LogP contribution in [0.15, 0.2) is 11.6 Å². The highest BCUT2D eigenvalue weighted by Crippen LogP contribution is 2.24. The molecule has 0 aliphatic heterocycles. The smallest absolute Gasteiger partial charge is 0.109 e. The maximum absolute atomic E-state index is 5.36. The van der Waals surface area contributed by atoms with E-state index in [1.165, 1.54) is 17.8 Å².